The van der Waals surface area contributed by atoms with Crippen LogP contribution in [-0.2, 0) is 23.8 Å². The zero-order chi connectivity index (χ0) is 43.5. The number of hydrogen-bond donors (Lipinski definition) is 0. The van der Waals surface area contributed by atoms with Gasteiger partial charge in [-0.25, -0.2) is 0 Å². The summed E-state index contributed by atoms with van der Waals surface area (Å²) in [6.45, 7) is 7.49. The summed E-state index contributed by atoms with van der Waals surface area (Å²) in [5, 5.41) is 0. The van der Waals surface area contributed by atoms with Gasteiger partial charge in [-0.1, -0.05) is 189 Å². The first kappa shape index (κ1) is 56.8. The Morgan fingerprint density at radius 1 is 0.383 bits per heavy atom. The van der Waals surface area contributed by atoms with Gasteiger partial charge in [0.2, 0.25) is 0 Å². The van der Waals surface area contributed by atoms with E-state index in [2.05, 4.69) is 118 Å². The lowest BCUT2D eigenvalue weighted by atomic mass is 10.1. The molecule has 5 heteroatoms. The van der Waals surface area contributed by atoms with Crippen LogP contribution in [0.5, 0.6) is 0 Å². The molecule has 342 valence electrons. The molecule has 0 saturated carbocycles. The smallest absolute Gasteiger partial charge is 0.306 e. The van der Waals surface area contributed by atoms with Crippen LogP contribution in [0, 0.1) is 0 Å². The summed E-state index contributed by atoms with van der Waals surface area (Å²) in [6.07, 6.45) is 67.0. The molecule has 0 saturated heterocycles. The third kappa shape index (κ3) is 47.5. The summed E-state index contributed by atoms with van der Waals surface area (Å²) in [6, 6.07) is 0. The minimum atomic E-state index is -0.569. The number of esters is 2. The van der Waals surface area contributed by atoms with Crippen molar-refractivity contribution in [3.63, 3.8) is 0 Å². The van der Waals surface area contributed by atoms with Crippen molar-refractivity contribution in [1.82, 2.24) is 0 Å². The number of carbonyl (C=O) groups is 2. The molecule has 0 aromatic rings. The topological polar surface area (TPSA) is 61.8 Å². The zero-order valence-corrected chi connectivity index (χ0v) is 39.2. The van der Waals surface area contributed by atoms with Crippen molar-refractivity contribution in [2.24, 2.45) is 0 Å². The van der Waals surface area contributed by atoms with E-state index in [1.165, 1.54) is 77.0 Å². The molecule has 0 aromatic heterocycles. The van der Waals surface area contributed by atoms with Crippen molar-refractivity contribution >= 4 is 11.9 Å². The van der Waals surface area contributed by atoms with Gasteiger partial charge >= 0.3 is 11.9 Å². The lowest BCUT2D eigenvalue weighted by molar-refractivity contribution is -0.163. The second-order valence-corrected chi connectivity index (χ2v) is 15.9. The van der Waals surface area contributed by atoms with Gasteiger partial charge in [0, 0.05) is 19.4 Å². The second-order valence-electron chi connectivity index (χ2n) is 15.9. The Morgan fingerprint density at radius 2 is 0.750 bits per heavy atom. The monoisotopic (exact) mass is 833 g/mol. The minimum Gasteiger partial charge on any atom is -0.462 e. The largest absolute Gasteiger partial charge is 0.462 e. The van der Waals surface area contributed by atoms with E-state index in [-0.39, 0.29) is 25.2 Å². The molecule has 5 nitrogen and oxygen atoms in total. The molecule has 0 N–H and O–H groups in total. The van der Waals surface area contributed by atoms with Crippen LogP contribution < -0.4 is 0 Å². The third-order valence-corrected chi connectivity index (χ3v) is 10.1. The second kappa shape index (κ2) is 50.2. The lowest BCUT2D eigenvalue weighted by Gasteiger charge is -2.18. The van der Waals surface area contributed by atoms with Gasteiger partial charge in [-0.15, -0.1) is 0 Å². The first-order chi connectivity index (χ1) is 29.6. The Kier molecular flexibility index (Phi) is 47.5. The van der Waals surface area contributed by atoms with Gasteiger partial charge in [-0.05, 0) is 109 Å². The van der Waals surface area contributed by atoms with Crippen LogP contribution in [-0.4, -0.2) is 37.9 Å². The minimum absolute atomic E-state index is 0.0560. The molecule has 0 amide bonds. The fraction of sp³-hybridized carbons (Fsp3) is 0.673. The summed E-state index contributed by atoms with van der Waals surface area (Å²) in [5.41, 5.74) is 0. The highest BCUT2D eigenvalue weighted by molar-refractivity contribution is 5.70. The maximum absolute atomic E-state index is 12.8. The van der Waals surface area contributed by atoms with Crippen LogP contribution in [0.25, 0.3) is 0 Å². The number of carbonyl (C=O) groups excluding carboxylic acids is 2. The van der Waals surface area contributed by atoms with E-state index in [1.807, 2.05) is 0 Å². The molecule has 0 spiro atoms. The summed E-state index contributed by atoms with van der Waals surface area (Å²) >= 11 is 0. The number of allylic oxidation sites excluding steroid dienone is 16. The van der Waals surface area contributed by atoms with Crippen LogP contribution in [0.4, 0.5) is 0 Å². The average Bonchev–Trinajstić information content (AvgIpc) is 3.25. The highest BCUT2D eigenvalue weighted by Crippen LogP contribution is 2.13. The van der Waals surface area contributed by atoms with Gasteiger partial charge in [0.15, 0.2) is 6.10 Å². The average molecular weight is 833 g/mol. The molecule has 1 unspecified atom stereocenters. The summed E-state index contributed by atoms with van der Waals surface area (Å²) < 4.78 is 17.3. The molecule has 0 aliphatic carbocycles. The van der Waals surface area contributed by atoms with E-state index in [9.17, 15) is 9.59 Å². The zero-order valence-electron chi connectivity index (χ0n) is 39.2. The molecular weight excluding hydrogens is 741 g/mol. The number of ether oxygens (including phenoxy) is 3. The van der Waals surface area contributed by atoms with Gasteiger partial charge in [-0.3, -0.25) is 9.59 Å². The van der Waals surface area contributed by atoms with E-state index >= 15 is 0 Å². The lowest BCUT2D eigenvalue weighted by Crippen LogP contribution is -2.30. The van der Waals surface area contributed by atoms with Crippen molar-refractivity contribution in [3.05, 3.63) is 97.2 Å². The number of hydrogen-bond acceptors (Lipinski definition) is 5. The molecule has 0 aliphatic heterocycles. The maximum Gasteiger partial charge on any atom is 0.306 e. The Morgan fingerprint density at radius 3 is 1.25 bits per heavy atom. The fourth-order valence-corrected chi connectivity index (χ4v) is 6.44. The van der Waals surface area contributed by atoms with Crippen molar-refractivity contribution in [2.45, 2.75) is 219 Å². The van der Waals surface area contributed by atoms with E-state index < -0.39 is 6.10 Å². The first-order valence-corrected chi connectivity index (χ1v) is 24.8. The highest BCUT2D eigenvalue weighted by Gasteiger charge is 2.17. The van der Waals surface area contributed by atoms with Gasteiger partial charge in [0.25, 0.3) is 0 Å². The number of unbranched alkanes of at least 4 members (excludes halogenated alkanes) is 17. The third-order valence-electron chi connectivity index (χ3n) is 10.1. The first-order valence-electron chi connectivity index (χ1n) is 24.8. The Bertz CT molecular complexity index is 1170. The Balaban J connectivity index is 4.36. The molecule has 0 heterocycles. The van der Waals surface area contributed by atoms with E-state index in [0.29, 0.717) is 19.4 Å². The predicted octanol–water partition coefficient (Wildman–Crippen LogP) is 16.7. The van der Waals surface area contributed by atoms with Crippen molar-refractivity contribution in [2.75, 3.05) is 19.8 Å². The van der Waals surface area contributed by atoms with Crippen molar-refractivity contribution < 1.29 is 23.8 Å². The van der Waals surface area contributed by atoms with Crippen LogP contribution in [0.2, 0.25) is 0 Å². The van der Waals surface area contributed by atoms with Gasteiger partial charge in [0.1, 0.15) is 6.61 Å². The van der Waals surface area contributed by atoms with Gasteiger partial charge < -0.3 is 14.2 Å². The Labute approximate surface area is 371 Å². The SMILES string of the molecule is CC/C=C\C/C=C\C/C=C\C/C=C\CCCCC(=O)OC(COCCCCCCCC/C=C\CCCC)COC(=O)CCCCCCCCC/C=C\C/C=C\C/C=C\CC. The fourth-order valence-electron chi connectivity index (χ4n) is 6.44. The summed E-state index contributed by atoms with van der Waals surface area (Å²) in [4.78, 5) is 25.3. The van der Waals surface area contributed by atoms with Crippen LogP contribution in [0.1, 0.15) is 213 Å². The molecule has 0 radical (unpaired) electrons. The van der Waals surface area contributed by atoms with Crippen molar-refractivity contribution in [3.8, 4) is 0 Å². The summed E-state index contributed by atoms with van der Waals surface area (Å²) in [5.74, 6) is -0.464. The predicted molar refractivity (Wildman–Crippen MR) is 260 cm³/mol. The molecule has 0 aliphatic rings. The molecule has 0 bridgehead atoms. The van der Waals surface area contributed by atoms with Crippen molar-refractivity contribution in [1.29, 1.82) is 0 Å². The van der Waals surface area contributed by atoms with Gasteiger partial charge in [-0.2, -0.15) is 0 Å². The normalized spacial score (nSPS) is 13.1. The summed E-state index contributed by atoms with van der Waals surface area (Å²) in [7, 11) is 0. The van der Waals surface area contributed by atoms with E-state index in [4.69, 9.17) is 14.2 Å². The number of rotatable bonds is 44. The molecule has 0 rings (SSSR count). The highest BCUT2D eigenvalue weighted by atomic mass is 16.6. The van der Waals surface area contributed by atoms with Crippen LogP contribution >= 0.6 is 0 Å². The van der Waals surface area contributed by atoms with Crippen LogP contribution in [0.15, 0.2) is 97.2 Å². The molecule has 60 heavy (non-hydrogen) atoms. The van der Waals surface area contributed by atoms with Gasteiger partial charge in [0.05, 0.1) is 6.61 Å². The maximum atomic E-state index is 12.8. The Hall–Kier alpha value is -3.18. The van der Waals surface area contributed by atoms with Crippen LogP contribution in [0.3, 0.4) is 0 Å². The molecular formula is C55H92O5. The standard InChI is InChI=1S/C55H92O5/c1-4-7-10-13-16-19-22-25-27-28-30-31-33-36-39-42-45-48-54(56)59-52-53(51-58-50-47-44-41-38-35-24-21-18-15-12-9-6-3)60-55(57)49-46-43-40-37-34-32-29-26-23-20-17-14-11-8-5-2/h7-8,10-11,15-20,25-27,29,34,37,53H,4-6,9,12-14,21-24,28,30-33,35-36,38-52H2,1-3H3/b10-7-,11-8-,18-15-,19-16-,20-17-,27-25-,29-26-,37-34-. The van der Waals surface area contributed by atoms with E-state index in [0.717, 1.165) is 103 Å². The molecule has 0 fully saturated rings. The molecule has 1 atom stereocenters. The van der Waals surface area contributed by atoms with E-state index in [1.54, 1.807) is 0 Å². The molecule has 0 aromatic carbocycles. The quantitative estimate of drug-likeness (QED) is 0.0348.